The number of ketones is 1. The maximum atomic E-state index is 13.4. The predicted octanol–water partition coefficient (Wildman–Crippen LogP) is 4.04. The van der Waals surface area contributed by atoms with Crippen molar-refractivity contribution in [3.63, 3.8) is 0 Å². The van der Waals surface area contributed by atoms with Crippen LogP contribution < -0.4 is 0 Å². The first kappa shape index (κ1) is 23.4. The van der Waals surface area contributed by atoms with Gasteiger partial charge in [-0.05, 0) is 45.2 Å². The summed E-state index contributed by atoms with van der Waals surface area (Å²) < 4.78 is 6.83. The number of benzene rings is 1. The molecule has 2 atom stereocenters. The smallest absolute Gasteiger partial charge is 0.355 e. The number of carbonyl (C=O) groups is 3. The first-order valence-electron chi connectivity index (χ1n) is 10.4. The number of hydrogen-bond donors (Lipinski definition) is 0. The van der Waals surface area contributed by atoms with Gasteiger partial charge in [-0.2, -0.15) is 0 Å². The Balaban J connectivity index is 2.34. The molecule has 6 heteroatoms. The normalized spacial score (nSPS) is 12.9. The number of hydrogen-bond acceptors (Lipinski definition) is 4. The second-order valence-electron chi connectivity index (χ2n) is 7.57. The third kappa shape index (κ3) is 4.32. The van der Waals surface area contributed by atoms with Crippen LogP contribution in [0, 0.1) is 13.8 Å². The summed E-state index contributed by atoms with van der Waals surface area (Å²) in [4.78, 5) is 40.4. The Hall–Kier alpha value is -2.89. The first-order chi connectivity index (χ1) is 14.2. The molecule has 2 rings (SSSR count). The van der Waals surface area contributed by atoms with Crippen molar-refractivity contribution in [2.75, 3.05) is 13.7 Å². The highest BCUT2D eigenvalue weighted by molar-refractivity contribution is 6.06. The lowest BCUT2D eigenvalue weighted by atomic mass is 9.93. The highest BCUT2D eigenvalue weighted by atomic mass is 16.5. The van der Waals surface area contributed by atoms with Gasteiger partial charge in [0.1, 0.15) is 5.69 Å². The molecule has 0 spiro atoms. The Bertz CT molecular complexity index is 930. The zero-order valence-corrected chi connectivity index (χ0v) is 19.0. The third-order valence-corrected chi connectivity index (χ3v) is 5.86. The van der Waals surface area contributed by atoms with Gasteiger partial charge < -0.3 is 14.2 Å². The Kier molecular flexibility index (Phi) is 7.59. The summed E-state index contributed by atoms with van der Waals surface area (Å²) in [6.45, 7) is 9.25. The molecule has 1 heterocycles. The standard InChI is InChI=1S/C24H32N2O4/c1-8-19(18-13-11-10-12-14-18)23(28)26(7)17(5)22(27)20-15(3)21(24(29)30-9-2)25(6)16(20)4/h10-14,17,19H,8-9H2,1-7H3/t17-,19+/m1/s1. The van der Waals surface area contributed by atoms with Gasteiger partial charge in [-0.25, -0.2) is 4.79 Å². The number of esters is 1. The predicted molar refractivity (Wildman–Crippen MR) is 117 cm³/mol. The average molecular weight is 413 g/mol. The molecule has 0 unspecified atom stereocenters. The lowest BCUT2D eigenvalue weighted by molar-refractivity contribution is -0.132. The molecule has 0 saturated carbocycles. The van der Waals surface area contributed by atoms with Crippen molar-refractivity contribution in [3.8, 4) is 0 Å². The maximum Gasteiger partial charge on any atom is 0.355 e. The van der Waals surface area contributed by atoms with Crippen LogP contribution in [-0.4, -0.2) is 46.8 Å². The number of aromatic nitrogens is 1. The molecule has 30 heavy (non-hydrogen) atoms. The van der Waals surface area contributed by atoms with Gasteiger partial charge in [-0.1, -0.05) is 37.3 Å². The molecular formula is C24H32N2O4. The zero-order chi connectivity index (χ0) is 22.6. The number of likely N-dealkylation sites (N-methyl/N-ethyl adjacent to an activating group) is 1. The molecular weight excluding hydrogens is 380 g/mol. The molecule has 6 nitrogen and oxygen atoms in total. The van der Waals surface area contributed by atoms with Crippen molar-refractivity contribution in [3.05, 3.63) is 58.4 Å². The topological polar surface area (TPSA) is 68.6 Å². The second-order valence-corrected chi connectivity index (χ2v) is 7.57. The summed E-state index contributed by atoms with van der Waals surface area (Å²) in [7, 11) is 3.41. The van der Waals surface area contributed by atoms with Crippen LogP contribution in [0.1, 0.15) is 70.8 Å². The van der Waals surface area contributed by atoms with Crippen LogP contribution in [0.3, 0.4) is 0 Å². The number of ether oxygens (including phenoxy) is 1. The monoisotopic (exact) mass is 412 g/mol. The quantitative estimate of drug-likeness (QED) is 0.485. The number of rotatable bonds is 8. The second kappa shape index (κ2) is 9.74. The van der Waals surface area contributed by atoms with E-state index in [4.69, 9.17) is 4.74 Å². The van der Waals surface area contributed by atoms with E-state index in [9.17, 15) is 14.4 Å². The van der Waals surface area contributed by atoms with E-state index in [-0.39, 0.29) is 24.2 Å². The molecule has 1 aromatic carbocycles. The summed E-state index contributed by atoms with van der Waals surface area (Å²) in [6, 6.07) is 8.94. The van der Waals surface area contributed by atoms with Crippen molar-refractivity contribution in [1.82, 2.24) is 9.47 Å². The van der Waals surface area contributed by atoms with E-state index in [2.05, 4.69) is 0 Å². The maximum absolute atomic E-state index is 13.4. The van der Waals surface area contributed by atoms with Crippen molar-refractivity contribution < 1.29 is 19.1 Å². The third-order valence-electron chi connectivity index (χ3n) is 5.86. The van der Waals surface area contributed by atoms with Crippen molar-refractivity contribution in [2.45, 2.75) is 53.0 Å². The fourth-order valence-corrected chi connectivity index (χ4v) is 3.89. The molecule has 0 radical (unpaired) electrons. The SMILES string of the molecule is CCOC(=O)c1c(C)c(C(=O)[C@@H](C)N(C)C(=O)[C@@H](CC)c2ccccc2)c(C)n1C. The van der Waals surface area contributed by atoms with Crippen molar-refractivity contribution in [1.29, 1.82) is 0 Å². The van der Waals surface area contributed by atoms with Gasteiger partial charge in [0, 0.05) is 25.4 Å². The molecule has 0 aliphatic carbocycles. The Morgan fingerprint density at radius 2 is 1.70 bits per heavy atom. The Labute approximate surface area is 178 Å². The van der Waals surface area contributed by atoms with Crippen LogP contribution in [0.15, 0.2) is 30.3 Å². The minimum atomic E-state index is -0.662. The van der Waals surface area contributed by atoms with Gasteiger partial charge in [0.2, 0.25) is 5.91 Å². The van der Waals surface area contributed by atoms with E-state index in [1.807, 2.05) is 37.3 Å². The van der Waals surface area contributed by atoms with Gasteiger partial charge >= 0.3 is 5.97 Å². The van der Waals surface area contributed by atoms with Crippen LogP contribution in [0.2, 0.25) is 0 Å². The van der Waals surface area contributed by atoms with Gasteiger partial charge in [0.15, 0.2) is 5.78 Å². The highest BCUT2D eigenvalue weighted by Crippen LogP contribution is 2.26. The van der Waals surface area contributed by atoms with Crippen LogP contribution >= 0.6 is 0 Å². The van der Waals surface area contributed by atoms with Gasteiger partial charge in [-0.3, -0.25) is 9.59 Å². The molecule has 2 aromatic rings. The largest absolute Gasteiger partial charge is 0.461 e. The summed E-state index contributed by atoms with van der Waals surface area (Å²) in [5.74, 6) is -1.04. The molecule has 0 aliphatic heterocycles. The summed E-state index contributed by atoms with van der Waals surface area (Å²) in [5.41, 5.74) is 3.05. The first-order valence-corrected chi connectivity index (χ1v) is 10.4. The van der Waals surface area contributed by atoms with E-state index in [1.54, 1.807) is 46.4 Å². The summed E-state index contributed by atoms with van der Waals surface area (Å²) >= 11 is 0. The number of Topliss-reactive ketones (excluding diaryl/α,β-unsaturated/α-hetero) is 1. The van der Waals surface area contributed by atoms with Gasteiger partial charge in [-0.15, -0.1) is 0 Å². The van der Waals surface area contributed by atoms with Crippen LogP contribution in [0.5, 0.6) is 0 Å². The lowest BCUT2D eigenvalue weighted by Gasteiger charge is -2.28. The number of amides is 1. The molecule has 0 saturated heterocycles. The lowest BCUT2D eigenvalue weighted by Crippen LogP contribution is -2.43. The Morgan fingerprint density at radius 1 is 1.10 bits per heavy atom. The zero-order valence-electron chi connectivity index (χ0n) is 19.0. The molecule has 1 aromatic heterocycles. The van der Waals surface area contributed by atoms with Crippen molar-refractivity contribution >= 4 is 17.7 Å². The van der Waals surface area contributed by atoms with E-state index in [1.165, 1.54) is 4.90 Å². The fraction of sp³-hybridized carbons (Fsp3) is 0.458. The molecule has 1 amide bonds. The molecule has 162 valence electrons. The molecule has 0 bridgehead atoms. The van der Waals surface area contributed by atoms with Gasteiger partial charge in [0.25, 0.3) is 0 Å². The van der Waals surface area contributed by atoms with E-state index in [0.717, 1.165) is 5.56 Å². The molecule has 0 fully saturated rings. The van der Waals surface area contributed by atoms with E-state index < -0.39 is 12.0 Å². The summed E-state index contributed by atoms with van der Waals surface area (Å²) in [6.07, 6.45) is 0.643. The van der Waals surface area contributed by atoms with E-state index in [0.29, 0.717) is 28.9 Å². The molecule has 0 N–H and O–H groups in total. The average Bonchev–Trinajstić information content (AvgIpc) is 2.96. The fourth-order valence-electron chi connectivity index (χ4n) is 3.89. The van der Waals surface area contributed by atoms with Gasteiger partial charge in [0.05, 0.1) is 18.6 Å². The number of nitrogens with zero attached hydrogens (tertiary/aromatic N) is 2. The highest BCUT2D eigenvalue weighted by Gasteiger charge is 2.33. The van der Waals surface area contributed by atoms with E-state index >= 15 is 0 Å². The van der Waals surface area contributed by atoms with Crippen LogP contribution in [0.4, 0.5) is 0 Å². The number of carbonyl (C=O) groups excluding carboxylic acids is 3. The Morgan fingerprint density at radius 3 is 2.23 bits per heavy atom. The summed E-state index contributed by atoms with van der Waals surface area (Å²) in [5, 5.41) is 0. The van der Waals surface area contributed by atoms with Crippen LogP contribution in [-0.2, 0) is 16.6 Å². The van der Waals surface area contributed by atoms with Crippen LogP contribution in [0.25, 0.3) is 0 Å². The molecule has 0 aliphatic rings. The van der Waals surface area contributed by atoms with Crippen molar-refractivity contribution in [2.24, 2.45) is 7.05 Å². The minimum Gasteiger partial charge on any atom is -0.461 e. The minimum absolute atomic E-state index is 0.0959.